The molecule has 0 radical (unpaired) electrons. The summed E-state index contributed by atoms with van der Waals surface area (Å²) in [5.41, 5.74) is 2.08. The summed E-state index contributed by atoms with van der Waals surface area (Å²) in [4.78, 5) is 0. The van der Waals surface area contributed by atoms with E-state index in [1.807, 2.05) is 31.2 Å². The Morgan fingerprint density at radius 1 is 1.43 bits per heavy atom. The minimum Gasteiger partial charge on any atom is -0.504 e. The summed E-state index contributed by atoms with van der Waals surface area (Å²) in [6.07, 6.45) is 1.41. The molecule has 1 aromatic heterocycles. The van der Waals surface area contributed by atoms with Crippen LogP contribution in [0.15, 0.2) is 35.1 Å². The van der Waals surface area contributed by atoms with Crippen molar-refractivity contribution >= 4 is 15.9 Å². The summed E-state index contributed by atoms with van der Waals surface area (Å²) in [6, 6.07) is 7.90. The average Bonchev–Trinajstić information content (AvgIpc) is 2.48. The molecule has 4 heteroatoms. The predicted octanol–water partition coefficient (Wildman–Crippen LogP) is 2.65. The van der Waals surface area contributed by atoms with E-state index in [0.717, 1.165) is 11.3 Å². The van der Waals surface area contributed by atoms with E-state index in [1.54, 1.807) is 4.68 Å². The Morgan fingerprint density at radius 2 is 2.21 bits per heavy atom. The molecule has 0 atom stereocenters. The van der Waals surface area contributed by atoms with E-state index in [4.69, 9.17) is 0 Å². The zero-order valence-electron chi connectivity index (χ0n) is 7.61. The van der Waals surface area contributed by atoms with Crippen LogP contribution in [0, 0.1) is 6.92 Å². The van der Waals surface area contributed by atoms with Crippen LogP contribution in [0.2, 0.25) is 0 Å². The Kier molecular flexibility index (Phi) is 2.29. The molecule has 0 aliphatic carbocycles. The fourth-order valence-corrected chi connectivity index (χ4v) is 1.66. The lowest BCUT2D eigenvalue weighted by Gasteiger charge is -2.03. The van der Waals surface area contributed by atoms with Crippen molar-refractivity contribution in [1.82, 2.24) is 9.78 Å². The molecule has 14 heavy (non-hydrogen) atoms. The molecule has 0 aliphatic rings. The minimum atomic E-state index is 0.145. The maximum absolute atomic E-state index is 9.34. The summed E-state index contributed by atoms with van der Waals surface area (Å²) in [7, 11) is 0. The number of hydrogen-bond acceptors (Lipinski definition) is 2. The number of aromatic hydroxyl groups is 1. The van der Waals surface area contributed by atoms with Gasteiger partial charge in [0.15, 0.2) is 10.4 Å². The number of rotatable bonds is 1. The Balaban J connectivity index is 2.55. The molecule has 2 rings (SSSR count). The molecule has 0 saturated carbocycles. The zero-order valence-corrected chi connectivity index (χ0v) is 9.19. The molecule has 2 aromatic rings. The Hall–Kier alpha value is -1.29. The van der Waals surface area contributed by atoms with Gasteiger partial charge in [0, 0.05) is 0 Å². The predicted molar refractivity (Wildman–Crippen MR) is 57.7 cm³/mol. The van der Waals surface area contributed by atoms with Crippen LogP contribution in [0.25, 0.3) is 5.69 Å². The lowest BCUT2D eigenvalue weighted by Crippen LogP contribution is -1.96. The molecule has 0 fully saturated rings. The highest BCUT2D eigenvalue weighted by atomic mass is 79.9. The first-order valence-electron chi connectivity index (χ1n) is 4.18. The van der Waals surface area contributed by atoms with E-state index < -0.39 is 0 Å². The molecule has 1 aromatic carbocycles. The highest BCUT2D eigenvalue weighted by Gasteiger charge is 2.07. The van der Waals surface area contributed by atoms with Crippen LogP contribution < -0.4 is 0 Å². The summed E-state index contributed by atoms with van der Waals surface area (Å²) in [5, 5.41) is 13.4. The number of halogens is 1. The van der Waals surface area contributed by atoms with E-state index in [2.05, 4.69) is 21.0 Å². The first-order valence-corrected chi connectivity index (χ1v) is 4.97. The Morgan fingerprint density at radius 3 is 2.79 bits per heavy atom. The quantitative estimate of drug-likeness (QED) is 0.848. The second kappa shape index (κ2) is 3.46. The monoisotopic (exact) mass is 252 g/mol. The lowest BCUT2D eigenvalue weighted by atomic mass is 10.2. The van der Waals surface area contributed by atoms with Crippen molar-refractivity contribution in [2.24, 2.45) is 0 Å². The molecule has 0 unspecified atom stereocenters. The van der Waals surface area contributed by atoms with Gasteiger partial charge in [-0.05, 0) is 40.5 Å². The molecule has 0 saturated heterocycles. The van der Waals surface area contributed by atoms with Crippen molar-refractivity contribution in [3.8, 4) is 11.4 Å². The van der Waals surface area contributed by atoms with Crippen molar-refractivity contribution in [2.75, 3.05) is 0 Å². The van der Waals surface area contributed by atoms with Crippen molar-refractivity contribution in [3.05, 3.63) is 40.6 Å². The van der Waals surface area contributed by atoms with E-state index in [0.29, 0.717) is 4.60 Å². The first kappa shape index (κ1) is 9.27. The molecule has 0 spiro atoms. The minimum absolute atomic E-state index is 0.145. The topological polar surface area (TPSA) is 38.0 Å². The van der Waals surface area contributed by atoms with E-state index in [1.165, 1.54) is 6.20 Å². The lowest BCUT2D eigenvalue weighted by molar-refractivity contribution is 0.471. The summed E-state index contributed by atoms with van der Waals surface area (Å²) >= 11 is 3.26. The van der Waals surface area contributed by atoms with Crippen LogP contribution in [0.4, 0.5) is 0 Å². The SMILES string of the molecule is Cc1cccc(-n2ncc(O)c2Br)c1. The van der Waals surface area contributed by atoms with E-state index in [9.17, 15) is 5.11 Å². The van der Waals surface area contributed by atoms with Crippen LogP contribution in [0.3, 0.4) is 0 Å². The molecule has 0 aliphatic heterocycles. The molecule has 1 heterocycles. The van der Waals surface area contributed by atoms with Gasteiger partial charge in [0.2, 0.25) is 0 Å². The standard InChI is InChI=1S/C10H9BrN2O/c1-7-3-2-4-8(5-7)13-10(11)9(14)6-12-13/h2-6,14H,1H3. The maximum Gasteiger partial charge on any atom is 0.168 e. The van der Waals surface area contributed by atoms with Gasteiger partial charge in [-0.1, -0.05) is 12.1 Å². The van der Waals surface area contributed by atoms with Crippen molar-refractivity contribution in [1.29, 1.82) is 0 Å². The Labute approximate surface area is 90.1 Å². The zero-order chi connectivity index (χ0) is 10.1. The fraction of sp³-hybridized carbons (Fsp3) is 0.100. The molecule has 0 amide bonds. The molecular weight excluding hydrogens is 244 g/mol. The number of aryl methyl sites for hydroxylation is 1. The summed E-state index contributed by atoms with van der Waals surface area (Å²) in [5.74, 6) is 0.145. The number of nitrogens with zero attached hydrogens (tertiary/aromatic N) is 2. The highest BCUT2D eigenvalue weighted by Crippen LogP contribution is 2.25. The molecule has 3 nitrogen and oxygen atoms in total. The van der Waals surface area contributed by atoms with Gasteiger partial charge in [-0.3, -0.25) is 0 Å². The maximum atomic E-state index is 9.34. The summed E-state index contributed by atoms with van der Waals surface area (Å²) in [6.45, 7) is 2.01. The summed E-state index contributed by atoms with van der Waals surface area (Å²) < 4.78 is 2.21. The number of hydrogen-bond donors (Lipinski definition) is 1. The number of aromatic nitrogens is 2. The molecule has 1 N–H and O–H groups in total. The van der Waals surface area contributed by atoms with E-state index in [-0.39, 0.29) is 5.75 Å². The van der Waals surface area contributed by atoms with Gasteiger partial charge in [0.25, 0.3) is 0 Å². The third-order valence-corrected chi connectivity index (χ3v) is 2.68. The van der Waals surface area contributed by atoms with Crippen LogP contribution in [0.5, 0.6) is 5.75 Å². The highest BCUT2D eigenvalue weighted by molar-refractivity contribution is 9.10. The van der Waals surface area contributed by atoms with Crippen molar-refractivity contribution in [2.45, 2.75) is 6.92 Å². The van der Waals surface area contributed by atoms with Gasteiger partial charge in [0.1, 0.15) is 0 Å². The van der Waals surface area contributed by atoms with Crippen LogP contribution in [0.1, 0.15) is 5.56 Å². The van der Waals surface area contributed by atoms with Gasteiger partial charge < -0.3 is 5.11 Å². The smallest absolute Gasteiger partial charge is 0.168 e. The first-order chi connectivity index (χ1) is 6.68. The number of benzene rings is 1. The third kappa shape index (κ3) is 1.53. The molecule has 0 bridgehead atoms. The van der Waals surface area contributed by atoms with Gasteiger partial charge in [-0.2, -0.15) is 5.10 Å². The van der Waals surface area contributed by atoms with Crippen molar-refractivity contribution in [3.63, 3.8) is 0 Å². The van der Waals surface area contributed by atoms with E-state index >= 15 is 0 Å². The Bertz CT molecular complexity index is 465. The van der Waals surface area contributed by atoms with Gasteiger partial charge in [-0.25, -0.2) is 4.68 Å². The van der Waals surface area contributed by atoms with Gasteiger partial charge in [0.05, 0.1) is 11.9 Å². The average molecular weight is 253 g/mol. The normalized spacial score (nSPS) is 10.4. The van der Waals surface area contributed by atoms with Crippen LogP contribution in [-0.2, 0) is 0 Å². The second-order valence-electron chi connectivity index (χ2n) is 3.07. The van der Waals surface area contributed by atoms with Crippen LogP contribution >= 0.6 is 15.9 Å². The third-order valence-electron chi connectivity index (χ3n) is 1.94. The largest absolute Gasteiger partial charge is 0.504 e. The van der Waals surface area contributed by atoms with Gasteiger partial charge in [-0.15, -0.1) is 0 Å². The van der Waals surface area contributed by atoms with Gasteiger partial charge >= 0.3 is 0 Å². The van der Waals surface area contributed by atoms with Crippen LogP contribution in [-0.4, -0.2) is 14.9 Å². The molecule has 72 valence electrons. The van der Waals surface area contributed by atoms with Crippen molar-refractivity contribution < 1.29 is 5.11 Å². The fourth-order valence-electron chi connectivity index (χ4n) is 1.26. The molecular formula is C10H9BrN2O. The second-order valence-corrected chi connectivity index (χ2v) is 3.82.